The molecule has 132 valence electrons. The number of benzene rings is 1. The van der Waals surface area contributed by atoms with E-state index in [0.29, 0.717) is 10.7 Å². The van der Waals surface area contributed by atoms with Crippen LogP contribution in [-0.4, -0.2) is 21.9 Å². The molecule has 26 heavy (non-hydrogen) atoms. The van der Waals surface area contributed by atoms with Gasteiger partial charge in [-0.05, 0) is 65.2 Å². The molecule has 0 saturated carbocycles. The fourth-order valence-electron chi connectivity index (χ4n) is 2.21. The van der Waals surface area contributed by atoms with Gasteiger partial charge in [0.05, 0.1) is 15.5 Å². The Morgan fingerprint density at radius 2 is 1.88 bits per heavy atom. The predicted molar refractivity (Wildman–Crippen MR) is 110 cm³/mol. The molecule has 1 saturated heterocycles. The smallest absolute Gasteiger partial charge is 0.270 e. The molecule has 3 rings (SSSR count). The number of amides is 2. The van der Waals surface area contributed by atoms with Gasteiger partial charge in [0, 0.05) is 10.6 Å². The van der Waals surface area contributed by atoms with E-state index in [1.165, 1.54) is 6.08 Å². The van der Waals surface area contributed by atoms with Crippen LogP contribution in [0.2, 0.25) is 10.2 Å². The zero-order valence-electron chi connectivity index (χ0n) is 12.6. The molecule has 2 amide bonds. The highest BCUT2D eigenvalue weighted by molar-refractivity contribution is 14.1. The van der Waals surface area contributed by atoms with Crippen LogP contribution in [-0.2, 0) is 9.59 Å². The quantitative estimate of drug-likeness (QED) is 0.214. The second-order valence-electron chi connectivity index (χ2n) is 5.06. The number of hydrogen-bond acceptors (Lipinski definition) is 4. The van der Waals surface area contributed by atoms with Gasteiger partial charge in [-0.3, -0.25) is 19.8 Å². The molecule has 10 heteroatoms. The molecule has 1 N–H and O–H groups in total. The van der Waals surface area contributed by atoms with E-state index in [2.05, 4.69) is 10.3 Å². The van der Waals surface area contributed by atoms with Crippen LogP contribution < -0.4 is 10.2 Å². The Hall–Kier alpha value is -1.62. The summed E-state index contributed by atoms with van der Waals surface area (Å²) in [4.78, 5) is 30.0. The monoisotopic (exact) mass is 521 g/mol. The topological polar surface area (TPSA) is 62.3 Å². The van der Waals surface area contributed by atoms with Gasteiger partial charge < -0.3 is 0 Å². The highest BCUT2D eigenvalue weighted by Crippen LogP contribution is 2.28. The zero-order chi connectivity index (χ0) is 19.0. The van der Waals surface area contributed by atoms with E-state index >= 15 is 0 Å². The predicted octanol–water partition coefficient (Wildman–Crippen LogP) is 3.96. The lowest BCUT2D eigenvalue weighted by atomic mass is 10.1. The Kier molecular flexibility index (Phi) is 5.56. The summed E-state index contributed by atoms with van der Waals surface area (Å²) < 4.78 is 13.9. The second kappa shape index (κ2) is 7.55. The molecule has 0 bridgehead atoms. The van der Waals surface area contributed by atoms with Crippen molar-refractivity contribution in [2.24, 2.45) is 0 Å². The maximum Gasteiger partial charge on any atom is 0.270 e. The standard InChI is InChI=1S/C16H7Cl2FIN3O2S/c17-7-1-3-8(4-2-7)23-15(25)10(14(24)22-16(23)26)5-9-12(20)11(19)6-21-13(9)18/h1-6H,(H,22,24,26)/b10-5+. The van der Waals surface area contributed by atoms with Gasteiger partial charge in [-0.2, -0.15) is 0 Å². The Bertz CT molecular complexity index is 982. The SMILES string of the molecule is O=C1NC(=S)N(c2ccc(Cl)cc2)C(=O)/C1=C/c1c(Cl)ncc(F)c1I. The lowest BCUT2D eigenvalue weighted by Crippen LogP contribution is -2.54. The van der Waals surface area contributed by atoms with Gasteiger partial charge in [-0.25, -0.2) is 9.37 Å². The lowest BCUT2D eigenvalue weighted by Gasteiger charge is -2.29. The van der Waals surface area contributed by atoms with Crippen molar-refractivity contribution in [2.45, 2.75) is 0 Å². The number of anilines is 1. The minimum atomic E-state index is -0.707. The summed E-state index contributed by atoms with van der Waals surface area (Å²) in [6.45, 7) is 0. The number of aromatic nitrogens is 1. The molecule has 1 aliphatic rings. The van der Waals surface area contributed by atoms with Crippen molar-refractivity contribution in [1.82, 2.24) is 10.3 Å². The fourth-order valence-corrected chi connectivity index (χ4v) is 3.52. The molecular weight excluding hydrogens is 515 g/mol. The molecule has 1 aliphatic heterocycles. The van der Waals surface area contributed by atoms with E-state index in [1.807, 2.05) is 0 Å². The van der Waals surface area contributed by atoms with Crippen LogP contribution in [0.1, 0.15) is 5.56 Å². The Morgan fingerprint density at radius 3 is 2.54 bits per heavy atom. The van der Waals surface area contributed by atoms with Crippen molar-refractivity contribution in [1.29, 1.82) is 0 Å². The average Bonchev–Trinajstić information content (AvgIpc) is 2.59. The summed E-state index contributed by atoms with van der Waals surface area (Å²) in [5.41, 5.74) is 0.309. The van der Waals surface area contributed by atoms with Gasteiger partial charge in [0.2, 0.25) is 0 Å². The largest absolute Gasteiger partial charge is 0.298 e. The highest BCUT2D eigenvalue weighted by atomic mass is 127. The van der Waals surface area contributed by atoms with Gasteiger partial charge in [-0.1, -0.05) is 23.2 Å². The van der Waals surface area contributed by atoms with Crippen molar-refractivity contribution in [3.63, 3.8) is 0 Å². The first kappa shape index (κ1) is 19.2. The van der Waals surface area contributed by atoms with E-state index < -0.39 is 17.6 Å². The highest BCUT2D eigenvalue weighted by Gasteiger charge is 2.34. The molecule has 2 aromatic rings. The van der Waals surface area contributed by atoms with Crippen LogP contribution in [0, 0.1) is 9.39 Å². The summed E-state index contributed by atoms with van der Waals surface area (Å²) in [5.74, 6) is -1.99. The first-order chi connectivity index (χ1) is 12.3. The van der Waals surface area contributed by atoms with E-state index in [4.69, 9.17) is 35.4 Å². The zero-order valence-corrected chi connectivity index (χ0v) is 17.1. The van der Waals surface area contributed by atoms with Crippen molar-refractivity contribution in [3.8, 4) is 0 Å². The number of carbonyl (C=O) groups is 2. The number of carbonyl (C=O) groups excluding carboxylic acids is 2. The molecule has 0 spiro atoms. The minimum absolute atomic E-state index is 0.0323. The fraction of sp³-hybridized carbons (Fsp3) is 0. The second-order valence-corrected chi connectivity index (χ2v) is 7.32. The molecule has 0 aliphatic carbocycles. The summed E-state index contributed by atoms with van der Waals surface area (Å²) in [6.07, 6.45) is 2.16. The Morgan fingerprint density at radius 1 is 1.23 bits per heavy atom. The molecule has 2 heterocycles. The number of nitrogens with zero attached hydrogens (tertiary/aromatic N) is 2. The number of hydrogen-bond donors (Lipinski definition) is 1. The minimum Gasteiger partial charge on any atom is -0.298 e. The maximum absolute atomic E-state index is 13.8. The van der Waals surface area contributed by atoms with Crippen LogP contribution in [0.15, 0.2) is 36.0 Å². The third-order valence-corrected chi connectivity index (χ3v) is 5.37. The molecule has 0 radical (unpaired) electrons. The molecule has 0 atom stereocenters. The number of halogens is 4. The van der Waals surface area contributed by atoms with Gasteiger partial charge in [0.15, 0.2) is 10.9 Å². The van der Waals surface area contributed by atoms with E-state index in [-0.39, 0.29) is 25.0 Å². The van der Waals surface area contributed by atoms with E-state index in [1.54, 1.807) is 46.9 Å². The molecule has 5 nitrogen and oxygen atoms in total. The molecule has 1 aromatic carbocycles. The number of nitrogens with one attached hydrogen (secondary N) is 1. The van der Waals surface area contributed by atoms with E-state index in [0.717, 1.165) is 11.1 Å². The normalized spacial score (nSPS) is 16.2. The van der Waals surface area contributed by atoms with Crippen molar-refractivity contribution < 1.29 is 14.0 Å². The maximum atomic E-state index is 13.8. The van der Waals surface area contributed by atoms with Crippen molar-refractivity contribution in [3.05, 3.63) is 61.2 Å². The third-order valence-electron chi connectivity index (χ3n) is 3.43. The van der Waals surface area contributed by atoms with Crippen LogP contribution in [0.5, 0.6) is 0 Å². The summed E-state index contributed by atoms with van der Waals surface area (Å²) in [7, 11) is 0. The Labute approximate surface area is 176 Å². The lowest BCUT2D eigenvalue weighted by molar-refractivity contribution is -0.122. The third kappa shape index (κ3) is 3.59. The molecule has 1 aromatic heterocycles. The first-order valence-corrected chi connectivity index (χ1v) is 9.20. The summed E-state index contributed by atoms with van der Waals surface area (Å²) in [6, 6.07) is 6.34. The van der Waals surface area contributed by atoms with Crippen LogP contribution >= 0.6 is 58.0 Å². The molecule has 0 unspecified atom stereocenters. The van der Waals surface area contributed by atoms with E-state index in [9.17, 15) is 14.0 Å². The van der Waals surface area contributed by atoms with Gasteiger partial charge in [-0.15, -0.1) is 0 Å². The number of rotatable bonds is 2. The van der Waals surface area contributed by atoms with Gasteiger partial charge >= 0.3 is 0 Å². The van der Waals surface area contributed by atoms with Gasteiger partial charge in [0.1, 0.15) is 10.7 Å². The van der Waals surface area contributed by atoms with Gasteiger partial charge in [0.25, 0.3) is 11.8 Å². The van der Waals surface area contributed by atoms with Crippen molar-refractivity contribution in [2.75, 3.05) is 4.90 Å². The van der Waals surface area contributed by atoms with Crippen LogP contribution in [0.4, 0.5) is 10.1 Å². The van der Waals surface area contributed by atoms with Crippen molar-refractivity contribution >= 4 is 86.7 Å². The summed E-state index contributed by atoms with van der Waals surface area (Å²) in [5, 5.41) is 2.81. The number of thiocarbonyl (C=S) groups is 1. The average molecular weight is 522 g/mol. The molecular formula is C16H7Cl2FIN3O2S. The van der Waals surface area contributed by atoms with Crippen LogP contribution in [0.3, 0.4) is 0 Å². The van der Waals surface area contributed by atoms with Crippen LogP contribution in [0.25, 0.3) is 6.08 Å². The first-order valence-electron chi connectivity index (χ1n) is 6.96. The Balaban J connectivity index is 2.09. The number of pyridine rings is 1. The molecule has 1 fully saturated rings. The summed E-state index contributed by atoms with van der Waals surface area (Å²) >= 11 is 18.7.